The zero-order valence-electron chi connectivity index (χ0n) is 21.5. The molecular weight excluding hydrogens is 553 g/mol. The summed E-state index contributed by atoms with van der Waals surface area (Å²) in [5.74, 6) is -0.473. The normalized spacial score (nSPS) is 14.9. The molecule has 41 heavy (non-hydrogen) atoms. The molecule has 4 aromatic rings. The fraction of sp³-hybridized carbons (Fsp3) is 0.0714. The Labute approximate surface area is 236 Å². The maximum absolute atomic E-state index is 13.2. The molecule has 0 spiro atoms. The molecule has 0 bridgehead atoms. The van der Waals surface area contributed by atoms with Gasteiger partial charge in [0.15, 0.2) is 5.17 Å². The van der Waals surface area contributed by atoms with Crippen LogP contribution in [0.15, 0.2) is 82.7 Å². The summed E-state index contributed by atoms with van der Waals surface area (Å²) in [5.41, 5.74) is 2.97. The summed E-state index contributed by atoms with van der Waals surface area (Å²) in [5, 5.41) is 25.5. The first kappa shape index (κ1) is 27.3. The molecule has 11 nitrogen and oxygen atoms in total. The van der Waals surface area contributed by atoms with Crippen molar-refractivity contribution in [2.45, 2.75) is 13.8 Å². The Morgan fingerprint density at radius 3 is 2.34 bits per heavy atom. The third-order valence-electron chi connectivity index (χ3n) is 6.14. The minimum absolute atomic E-state index is 0.120. The van der Waals surface area contributed by atoms with Gasteiger partial charge in [0, 0.05) is 23.1 Å². The number of ether oxygens (including phenoxy) is 1. The van der Waals surface area contributed by atoms with Crippen LogP contribution >= 0.6 is 11.8 Å². The number of aliphatic imine (C=N–C) groups is 1. The lowest BCUT2D eigenvalue weighted by atomic mass is 10.2. The van der Waals surface area contributed by atoms with Gasteiger partial charge in [-0.15, -0.1) is 0 Å². The number of aryl methyl sites for hydroxylation is 1. The number of nitrogens with one attached hydrogen (secondary N) is 1. The number of halogens is 1. The second-order valence-corrected chi connectivity index (χ2v) is 9.91. The maximum atomic E-state index is 13.2. The van der Waals surface area contributed by atoms with Crippen molar-refractivity contribution in [3.63, 3.8) is 0 Å². The number of aromatic nitrogens is 1. The highest BCUT2D eigenvalue weighted by molar-refractivity contribution is 8.18. The average Bonchev–Trinajstić information content (AvgIpc) is 3.42. The second-order valence-electron chi connectivity index (χ2n) is 8.88. The molecule has 1 aromatic heterocycles. The van der Waals surface area contributed by atoms with E-state index < -0.39 is 21.2 Å². The second kappa shape index (κ2) is 11.1. The highest BCUT2D eigenvalue weighted by Gasteiger charge is 2.25. The van der Waals surface area contributed by atoms with Crippen molar-refractivity contribution in [2.24, 2.45) is 4.99 Å². The van der Waals surface area contributed by atoms with Crippen molar-refractivity contribution >= 4 is 46.0 Å². The van der Waals surface area contributed by atoms with E-state index in [0.29, 0.717) is 21.5 Å². The van der Waals surface area contributed by atoms with Gasteiger partial charge in [0.25, 0.3) is 11.6 Å². The Morgan fingerprint density at radius 2 is 1.68 bits per heavy atom. The molecule has 1 aliphatic heterocycles. The largest absolute Gasteiger partial charge is 0.450 e. The van der Waals surface area contributed by atoms with Crippen molar-refractivity contribution in [3.8, 4) is 17.2 Å². The van der Waals surface area contributed by atoms with Crippen LogP contribution in [0.25, 0.3) is 11.8 Å². The Balaban J connectivity index is 1.36. The third-order valence-corrected chi connectivity index (χ3v) is 7.05. The Hall–Kier alpha value is -5.30. The quantitative estimate of drug-likeness (QED) is 0.147. The molecule has 0 unspecified atom stereocenters. The average molecular weight is 574 g/mol. The van der Waals surface area contributed by atoms with Crippen molar-refractivity contribution in [2.75, 3.05) is 0 Å². The molecule has 1 amide bonds. The third kappa shape index (κ3) is 5.84. The molecule has 1 aliphatic rings. The number of amidine groups is 1. The van der Waals surface area contributed by atoms with Gasteiger partial charge in [-0.3, -0.25) is 25.0 Å². The van der Waals surface area contributed by atoms with Crippen LogP contribution in [0, 0.1) is 39.9 Å². The van der Waals surface area contributed by atoms with E-state index in [-0.39, 0.29) is 17.5 Å². The molecule has 206 valence electrons. The number of hydrogen-bond acceptors (Lipinski definition) is 8. The van der Waals surface area contributed by atoms with Crippen LogP contribution in [-0.2, 0) is 4.79 Å². The fourth-order valence-electron chi connectivity index (χ4n) is 4.22. The molecule has 0 saturated carbocycles. The molecular formula is C28H20FN5O6S. The van der Waals surface area contributed by atoms with Crippen LogP contribution in [-0.4, -0.2) is 25.5 Å². The van der Waals surface area contributed by atoms with Gasteiger partial charge in [0.2, 0.25) is 5.75 Å². The summed E-state index contributed by atoms with van der Waals surface area (Å²) < 4.78 is 20.8. The summed E-state index contributed by atoms with van der Waals surface area (Å²) in [6.07, 6.45) is 1.78. The fourth-order valence-corrected chi connectivity index (χ4v) is 5.06. The Bertz CT molecular complexity index is 1760. The van der Waals surface area contributed by atoms with Gasteiger partial charge in [-0.2, -0.15) is 0 Å². The van der Waals surface area contributed by atoms with Gasteiger partial charge in [-0.05, 0) is 97.9 Å². The molecule has 0 radical (unpaired) electrons. The molecule has 13 heteroatoms. The van der Waals surface area contributed by atoms with E-state index >= 15 is 0 Å². The van der Waals surface area contributed by atoms with Crippen LogP contribution in [0.2, 0.25) is 0 Å². The van der Waals surface area contributed by atoms with Gasteiger partial charge >= 0.3 is 5.69 Å². The first-order valence-corrected chi connectivity index (χ1v) is 12.9. The summed E-state index contributed by atoms with van der Waals surface area (Å²) in [4.78, 5) is 38.3. The monoisotopic (exact) mass is 573 g/mol. The standard InChI is InChI=1S/C28H20FN5O6S/c1-16-13-18(14-26-27(35)31-28(41-26)30-20-5-3-19(29)4-6-20)17(2)32(16)21-7-10-23(11-8-21)40-25-12-9-22(33(36)37)15-24(25)34(38)39/h3-15H,1-2H3,(H,30,31,35)/b26-14-. The molecule has 1 saturated heterocycles. The van der Waals surface area contributed by atoms with Crippen LogP contribution in [0.3, 0.4) is 0 Å². The SMILES string of the molecule is Cc1cc(/C=C2\SC(=Nc3ccc(F)cc3)NC2=O)c(C)n1-c1ccc(Oc2ccc([N+](=O)[O-])cc2[N+](=O)[O-])cc1. The highest BCUT2D eigenvalue weighted by atomic mass is 32.2. The number of non-ortho nitro benzene ring substituents is 1. The lowest BCUT2D eigenvalue weighted by molar-refractivity contribution is -0.394. The van der Waals surface area contributed by atoms with Gasteiger partial charge in [-0.25, -0.2) is 9.38 Å². The first-order valence-electron chi connectivity index (χ1n) is 12.0. The van der Waals surface area contributed by atoms with Gasteiger partial charge in [-0.1, -0.05) is 0 Å². The van der Waals surface area contributed by atoms with E-state index in [1.165, 1.54) is 42.1 Å². The Morgan fingerprint density at radius 1 is 0.976 bits per heavy atom. The van der Waals surface area contributed by atoms with Crippen LogP contribution in [0.4, 0.5) is 21.5 Å². The number of thioether (sulfide) groups is 1. The minimum Gasteiger partial charge on any atom is -0.450 e. The van der Waals surface area contributed by atoms with E-state index in [9.17, 15) is 29.4 Å². The highest BCUT2D eigenvalue weighted by Crippen LogP contribution is 2.35. The molecule has 2 heterocycles. The summed E-state index contributed by atoms with van der Waals surface area (Å²) in [6, 6.07) is 17.6. The van der Waals surface area contributed by atoms with Gasteiger partial charge in [0.1, 0.15) is 11.6 Å². The van der Waals surface area contributed by atoms with E-state index in [1.54, 1.807) is 30.3 Å². The summed E-state index contributed by atoms with van der Waals surface area (Å²) in [7, 11) is 0. The lowest BCUT2D eigenvalue weighted by Crippen LogP contribution is -2.19. The molecule has 3 aromatic carbocycles. The molecule has 1 fully saturated rings. The number of benzene rings is 3. The number of nitrogens with zero attached hydrogens (tertiary/aromatic N) is 4. The molecule has 0 atom stereocenters. The smallest absolute Gasteiger partial charge is 0.318 e. The first-order chi connectivity index (χ1) is 19.6. The number of nitro benzene ring substituents is 2. The predicted molar refractivity (Wildman–Crippen MR) is 152 cm³/mol. The molecule has 5 rings (SSSR count). The van der Waals surface area contributed by atoms with E-state index in [2.05, 4.69) is 10.3 Å². The zero-order valence-corrected chi connectivity index (χ0v) is 22.3. The number of rotatable bonds is 7. The topological polar surface area (TPSA) is 142 Å². The number of nitro groups is 2. The van der Waals surface area contributed by atoms with Crippen molar-refractivity contribution < 1.29 is 23.8 Å². The molecule has 0 aliphatic carbocycles. The predicted octanol–water partition coefficient (Wildman–Crippen LogP) is 6.73. The number of carbonyl (C=O) groups excluding carboxylic acids is 1. The van der Waals surface area contributed by atoms with Crippen molar-refractivity contribution in [1.29, 1.82) is 0 Å². The number of amides is 1. The zero-order chi connectivity index (χ0) is 29.3. The van der Waals surface area contributed by atoms with E-state index in [1.807, 2.05) is 24.5 Å². The summed E-state index contributed by atoms with van der Waals surface area (Å²) in [6.45, 7) is 3.83. The number of hydrogen-bond donors (Lipinski definition) is 1. The Kier molecular flexibility index (Phi) is 7.36. The van der Waals surface area contributed by atoms with Gasteiger partial charge < -0.3 is 14.6 Å². The maximum Gasteiger partial charge on any atom is 0.318 e. The van der Waals surface area contributed by atoms with E-state index in [0.717, 1.165) is 34.8 Å². The summed E-state index contributed by atoms with van der Waals surface area (Å²) >= 11 is 1.19. The van der Waals surface area contributed by atoms with E-state index in [4.69, 9.17) is 4.74 Å². The minimum atomic E-state index is -0.736. The van der Waals surface area contributed by atoms with Crippen LogP contribution < -0.4 is 10.1 Å². The van der Waals surface area contributed by atoms with Crippen molar-refractivity contribution in [1.82, 2.24) is 9.88 Å². The van der Waals surface area contributed by atoms with Crippen LogP contribution in [0.5, 0.6) is 11.5 Å². The van der Waals surface area contributed by atoms with Crippen LogP contribution in [0.1, 0.15) is 17.0 Å². The molecule has 1 N–H and O–H groups in total. The number of carbonyl (C=O) groups is 1. The lowest BCUT2D eigenvalue weighted by Gasteiger charge is -2.11. The van der Waals surface area contributed by atoms with Crippen molar-refractivity contribution in [3.05, 3.63) is 121 Å². The van der Waals surface area contributed by atoms with Gasteiger partial charge in [0.05, 0.1) is 26.5 Å².